The number of benzene rings is 4. The molecule has 4 N–H and O–H groups in total. The van der Waals surface area contributed by atoms with Crippen molar-refractivity contribution in [3.63, 3.8) is 0 Å². The largest absolute Gasteiger partial charge is 0.349 e. The van der Waals surface area contributed by atoms with E-state index < -0.39 is 20.0 Å². The first-order chi connectivity index (χ1) is 26.1. The molecule has 55 heavy (non-hydrogen) atoms. The van der Waals surface area contributed by atoms with Gasteiger partial charge in [0.25, 0.3) is 31.9 Å². The van der Waals surface area contributed by atoms with Crippen LogP contribution in [0.3, 0.4) is 0 Å². The molecule has 2 fully saturated rings. The molecule has 0 atom stereocenters. The Kier molecular flexibility index (Phi) is 12.4. The molecular formula is C43H52N4O6S2. The van der Waals surface area contributed by atoms with Crippen molar-refractivity contribution >= 4 is 43.2 Å². The molecule has 6 rings (SSSR count). The SMILES string of the molecule is Cc1ccc(NS(=O)(=O)c2cccc(C(=O)NC3CCC(CC4CCC(NC(=O)c5cccc(S(=O)(=O)Nc6ccc(C)cc6C)c5)CC4)CC3)c2)c(C)c1. The van der Waals surface area contributed by atoms with Gasteiger partial charge in [0, 0.05) is 23.2 Å². The van der Waals surface area contributed by atoms with Crippen LogP contribution in [0.4, 0.5) is 11.4 Å². The van der Waals surface area contributed by atoms with Crippen molar-refractivity contribution in [2.24, 2.45) is 11.8 Å². The quantitative estimate of drug-likeness (QED) is 0.114. The molecule has 0 aliphatic heterocycles. The van der Waals surface area contributed by atoms with Gasteiger partial charge in [0.2, 0.25) is 0 Å². The highest BCUT2D eigenvalue weighted by atomic mass is 32.2. The maximum absolute atomic E-state index is 13.2. The Morgan fingerprint density at radius 3 is 1.27 bits per heavy atom. The molecule has 0 spiro atoms. The second-order valence-electron chi connectivity index (χ2n) is 15.5. The van der Waals surface area contributed by atoms with Gasteiger partial charge in [-0.3, -0.25) is 19.0 Å². The maximum Gasteiger partial charge on any atom is 0.261 e. The van der Waals surface area contributed by atoms with Gasteiger partial charge in [0.1, 0.15) is 0 Å². The summed E-state index contributed by atoms with van der Waals surface area (Å²) in [5.41, 5.74) is 5.38. The van der Waals surface area contributed by atoms with Crippen molar-refractivity contribution in [3.8, 4) is 0 Å². The van der Waals surface area contributed by atoms with Gasteiger partial charge >= 0.3 is 0 Å². The maximum atomic E-state index is 13.2. The van der Waals surface area contributed by atoms with Gasteiger partial charge < -0.3 is 10.6 Å². The highest BCUT2D eigenvalue weighted by molar-refractivity contribution is 7.93. The Morgan fingerprint density at radius 2 is 0.909 bits per heavy atom. The van der Waals surface area contributed by atoms with Crippen molar-refractivity contribution in [2.45, 2.75) is 107 Å². The predicted octanol–water partition coefficient (Wildman–Crippen LogP) is 8.19. The Bertz CT molecular complexity index is 2100. The van der Waals surface area contributed by atoms with Gasteiger partial charge in [-0.2, -0.15) is 0 Å². The van der Waals surface area contributed by atoms with Gasteiger partial charge in [0.05, 0.1) is 21.2 Å². The summed E-state index contributed by atoms with van der Waals surface area (Å²) in [6, 6.07) is 23.4. The minimum atomic E-state index is -3.87. The number of amides is 2. The number of sulfonamides is 2. The summed E-state index contributed by atoms with van der Waals surface area (Å²) in [6.07, 6.45) is 8.72. The van der Waals surface area contributed by atoms with Crippen molar-refractivity contribution in [2.75, 3.05) is 9.44 Å². The molecule has 0 aromatic heterocycles. The first-order valence-electron chi connectivity index (χ1n) is 19.2. The fourth-order valence-corrected chi connectivity index (χ4v) is 10.3. The summed E-state index contributed by atoms with van der Waals surface area (Å²) in [6.45, 7) is 7.60. The molecule has 2 aliphatic carbocycles. The van der Waals surface area contributed by atoms with E-state index in [1.54, 1.807) is 36.4 Å². The number of rotatable bonds is 12. The van der Waals surface area contributed by atoms with Gasteiger partial charge in [-0.1, -0.05) is 47.5 Å². The van der Waals surface area contributed by atoms with E-state index in [0.29, 0.717) is 34.3 Å². The zero-order valence-corrected chi connectivity index (χ0v) is 33.7. The molecule has 2 amide bonds. The van der Waals surface area contributed by atoms with Crippen LogP contribution in [0.2, 0.25) is 0 Å². The second kappa shape index (κ2) is 17.0. The van der Waals surface area contributed by atoms with E-state index in [9.17, 15) is 26.4 Å². The Hall–Kier alpha value is -4.68. The minimum absolute atomic E-state index is 0.0410. The van der Waals surface area contributed by atoms with Crippen molar-refractivity contribution in [1.82, 2.24) is 10.6 Å². The number of carbonyl (C=O) groups excluding carboxylic acids is 2. The summed E-state index contributed by atoms with van der Waals surface area (Å²) in [4.78, 5) is 26.5. The number of aryl methyl sites for hydroxylation is 4. The van der Waals surface area contributed by atoms with Crippen LogP contribution in [-0.4, -0.2) is 40.7 Å². The van der Waals surface area contributed by atoms with E-state index in [0.717, 1.165) is 80.0 Å². The predicted molar refractivity (Wildman–Crippen MR) is 217 cm³/mol. The van der Waals surface area contributed by atoms with E-state index >= 15 is 0 Å². The molecule has 10 nitrogen and oxygen atoms in total. The van der Waals surface area contributed by atoms with Crippen LogP contribution in [-0.2, 0) is 20.0 Å². The molecule has 0 radical (unpaired) electrons. The summed E-state index contributed by atoms with van der Waals surface area (Å²) in [7, 11) is -7.74. The smallest absolute Gasteiger partial charge is 0.261 e. The molecule has 0 unspecified atom stereocenters. The van der Waals surface area contributed by atoms with Gasteiger partial charge in [-0.25, -0.2) is 16.8 Å². The highest BCUT2D eigenvalue weighted by Gasteiger charge is 2.29. The molecule has 12 heteroatoms. The summed E-state index contributed by atoms with van der Waals surface area (Å²) >= 11 is 0. The first-order valence-corrected chi connectivity index (χ1v) is 22.1. The van der Waals surface area contributed by atoms with Gasteiger partial charge in [-0.05, 0) is 157 Å². The van der Waals surface area contributed by atoms with Crippen molar-refractivity contribution in [1.29, 1.82) is 0 Å². The third-order valence-electron chi connectivity index (χ3n) is 11.1. The fraction of sp³-hybridized carbons (Fsp3) is 0.395. The molecule has 0 heterocycles. The van der Waals surface area contributed by atoms with Crippen LogP contribution in [0.25, 0.3) is 0 Å². The number of hydrogen-bond acceptors (Lipinski definition) is 6. The molecule has 4 aromatic carbocycles. The van der Waals surface area contributed by atoms with Gasteiger partial charge in [0.15, 0.2) is 0 Å². The lowest BCUT2D eigenvalue weighted by molar-refractivity contribution is 0.0917. The Labute approximate surface area is 326 Å². The van der Waals surface area contributed by atoms with E-state index in [1.165, 1.54) is 24.3 Å². The van der Waals surface area contributed by atoms with Crippen LogP contribution < -0.4 is 20.1 Å². The van der Waals surface area contributed by atoms with Crippen LogP contribution >= 0.6 is 0 Å². The monoisotopic (exact) mass is 784 g/mol. The van der Waals surface area contributed by atoms with Crippen LogP contribution in [0.1, 0.15) is 101 Å². The van der Waals surface area contributed by atoms with Crippen molar-refractivity contribution in [3.05, 3.63) is 118 Å². The lowest BCUT2D eigenvalue weighted by Gasteiger charge is -2.34. The van der Waals surface area contributed by atoms with Crippen LogP contribution in [0.5, 0.6) is 0 Å². The third-order valence-corrected chi connectivity index (χ3v) is 13.8. The lowest BCUT2D eigenvalue weighted by atomic mass is 9.75. The van der Waals surface area contributed by atoms with Crippen LogP contribution in [0, 0.1) is 39.5 Å². The molecular weight excluding hydrogens is 733 g/mol. The number of hydrogen-bond donors (Lipinski definition) is 4. The molecule has 292 valence electrons. The van der Waals surface area contributed by atoms with E-state index in [1.807, 2.05) is 52.0 Å². The number of nitrogens with one attached hydrogen (secondary N) is 4. The first kappa shape index (κ1) is 40.0. The number of carbonyl (C=O) groups is 2. The fourth-order valence-electron chi connectivity index (χ4n) is 7.97. The molecule has 2 saturated carbocycles. The second-order valence-corrected chi connectivity index (χ2v) is 18.9. The molecule has 0 saturated heterocycles. The number of anilines is 2. The zero-order chi connectivity index (χ0) is 39.3. The topological polar surface area (TPSA) is 151 Å². The molecule has 2 aliphatic rings. The van der Waals surface area contributed by atoms with Crippen molar-refractivity contribution < 1.29 is 26.4 Å². The summed E-state index contributed by atoms with van der Waals surface area (Å²) < 4.78 is 57.9. The van der Waals surface area contributed by atoms with E-state index in [2.05, 4.69) is 20.1 Å². The minimum Gasteiger partial charge on any atom is -0.349 e. The normalized spacial score (nSPS) is 20.3. The average molecular weight is 785 g/mol. The standard InChI is InChI=1S/C43H52N4O6S2/c1-28-11-21-40(30(3)23-28)46-54(50,51)38-9-5-7-34(26-38)42(48)44-36-17-13-32(14-18-36)25-33-15-19-37(20-16-33)45-43(49)35-8-6-10-39(27-35)55(52,53)47-41-22-12-29(2)24-31(41)4/h5-12,21-24,26-27,32-33,36-37,46-47H,13-20,25H2,1-4H3,(H,44,48)(H,45,49). The Balaban J connectivity index is 0.933. The summed E-state index contributed by atoms with van der Waals surface area (Å²) in [5, 5.41) is 6.27. The third kappa shape index (κ3) is 10.3. The summed E-state index contributed by atoms with van der Waals surface area (Å²) in [5.74, 6) is 0.622. The average Bonchev–Trinajstić information content (AvgIpc) is 3.15. The van der Waals surface area contributed by atoms with E-state index in [-0.39, 0.29) is 33.7 Å². The molecule has 4 aromatic rings. The van der Waals surface area contributed by atoms with E-state index in [4.69, 9.17) is 0 Å². The zero-order valence-electron chi connectivity index (χ0n) is 32.0. The lowest BCUT2D eigenvalue weighted by Crippen LogP contribution is -2.39. The Morgan fingerprint density at radius 1 is 0.527 bits per heavy atom. The molecule has 0 bridgehead atoms. The highest BCUT2D eigenvalue weighted by Crippen LogP contribution is 2.36. The van der Waals surface area contributed by atoms with Crippen LogP contribution in [0.15, 0.2) is 94.7 Å². The van der Waals surface area contributed by atoms with Gasteiger partial charge in [-0.15, -0.1) is 0 Å².